The molecular weight excluding hydrogens is 346 g/mol. The van der Waals surface area contributed by atoms with Crippen molar-refractivity contribution in [3.63, 3.8) is 0 Å². The number of anilines is 1. The molecule has 1 aliphatic heterocycles. The molecule has 25 heavy (non-hydrogen) atoms. The Kier molecular flexibility index (Phi) is 5.43. The van der Waals surface area contributed by atoms with Crippen LogP contribution in [0.3, 0.4) is 0 Å². The fourth-order valence-corrected chi connectivity index (χ4v) is 2.52. The lowest BCUT2D eigenvalue weighted by molar-refractivity contribution is -0.116. The van der Waals surface area contributed by atoms with Gasteiger partial charge in [-0.2, -0.15) is 4.98 Å². The van der Waals surface area contributed by atoms with Gasteiger partial charge >= 0.3 is 0 Å². The number of rotatable bonds is 5. The highest BCUT2D eigenvalue weighted by molar-refractivity contribution is 6.34. The van der Waals surface area contributed by atoms with E-state index >= 15 is 0 Å². The van der Waals surface area contributed by atoms with Crippen LogP contribution in [0.25, 0.3) is 0 Å². The van der Waals surface area contributed by atoms with Crippen molar-refractivity contribution in [3.05, 3.63) is 28.9 Å². The van der Waals surface area contributed by atoms with Crippen LogP contribution in [0.4, 0.5) is 5.69 Å². The molecule has 1 N–H and O–H groups in total. The average molecular weight is 366 g/mol. The van der Waals surface area contributed by atoms with Gasteiger partial charge in [0.25, 0.3) is 0 Å². The summed E-state index contributed by atoms with van der Waals surface area (Å²) in [6.07, 6.45) is 1.38. The number of carbonyl (C=O) groups is 1. The predicted octanol–water partition coefficient (Wildman–Crippen LogP) is 3.58. The number of fused-ring (bicyclic) bond motifs is 1. The molecular formula is C17H20ClN3O4. The molecule has 0 saturated heterocycles. The molecule has 8 heteroatoms. The van der Waals surface area contributed by atoms with Gasteiger partial charge in [0.1, 0.15) is 0 Å². The number of hydrogen-bond acceptors (Lipinski definition) is 6. The number of nitrogens with zero attached hydrogens (tertiary/aromatic N) is 2. The summed E-state index contributed by atoms with van der Waals surface area (Å²) in [5.74, 6) is 2.25. The molecule has 0 fully saturated rings. The summed E-state index contributed by atoms with van der Waals surface area (Å²) in [6, 6.07) is 3.34. The van der Waals surface area contributed by atoms with Crippen LogP contribution in [-0.2, 0) is 11.2 Å². The number of amides is 1. The van der Waals surface area contributed by atoms with Gasteiger partial charge in [-0.05, 0) is 0 Å². The zero-order valence-electron chi connectivity index (χ0n) is 14.2. The van der Waals surface area contributed by atoms with Crippen LogP contribution < -0.4 is 14.8 Å². The molecule has 0 saturated carbocycles. The van der Waals surface area contributed by atoms with Gasteiger partial charge in [0.2, 0.25) is 11.8 Å². The molecule has 1 aromatic carbocycles. The summed E-state index contributed by atoms with van der Waals surface area (Å²) in [5, 5.41) is 7.06. The van der Waals surface area contributed by atoms with E-state index in [1.165, 1.54) is 0 Å². The van der Waals surface area contributed by atoms with Crippen LogP contribution in [0, 0.1) is 0 Å². The summed E-state index contributed by atoms with van der Waals surface area (Å²) >= 11 is 6.22. The first-order chi connectivity index (χ1) is 12.0. The van der Waals surface area contributed by atoms with Crippen molar-refractivity contribution in [3.8, 4) is 11.5 Å². The third-order valence-corrected chi connectivity index (χ3v) is 3.99. The van der Waals surface area contributed by atoms with E-state index in [1.807, 2.05) is 13.8 Å². The van der Waals surface area contributed by atoms with Gasteiger partial charge in [-0.15, -0.1) is 0 Å². The lowest BCUT2D eigenvalue weighted by Crippen LogP contribution is -2.13. The Labute approximate surface area is 150 Å². The minimum Gasteiger partial charge on any atom is -0.490 e. The third kappa shape index (κ3) is 4.42. The minimum atomic E-state index is -0.194. The predicted molar refractivity (Wildman–Crippen MR) is 92.4 cm³/mol. The molecule has 0 spiro atoms. The van der Waals surface area contributed by atoms with E-state index in [0.29, 0.717) is 53.6 Å². The van der Waals surface area contributed by atoms with Crippen molar-refractivity contribution in [2.24, 2.45) is 0 Å². The number of hydrogen-bond donors (Lipinski definition) is 1. The zero-order valence-corrected chi connectivity index (χ0v) is 14.9. The van der Waals surface area contributed by atoms with E-state index < -0.39 is 0 Å². The maximum absolute atomic E-state index is 12.2. The Morgan fingerprint density at radius 2 is 2.00 bits per heavy atom. The Balaban J connectivity index is 1.61. The summed E-state index contributed by atoms with van der Waals surface area (Å²) in [4.78, 5) is 16.4. The van der Waals surface area contributed by atoms with Crippen LogP contribution >= 0.6 is 11.6 Å². The number of ether oxygens (including phenoxy) is 2. The van der Waals surface area contributed by atoms with Crippen molar-refractivity contribution in [2.75, 3.05) is 18.5 Å². The van der Waals surface area contributed by atoms with Crippen molar-refractivity contribution in [1.82, 2.24) is 10.1 Å². The van der Waals surface area contributed by atoms with Crippen LogP contribution in [0.15, 0.2) is 16.7 Å². The summed E-state index contributed by atoms with van der Waals surface area (Å²) in [7, 11) is 0. The van der Waals surface area contributed by atoms with Crippen molar-refractivity contribution >= 4 is 23.2 Å². The Morgan fingerprint density at radius 1 is 1.28 bits per heavy atom. The highest BCUT2D eigenvalue weighted by Gasteiger charge is 2.16. The molecule has 2 aromatic rings. The van der Waals surface area contributed by atoms with Gasteiger partial charge in [-0.3, -0.25) is 4.79 Å². The monoisotopic (exact) mass is 365 g/mol. The zero-order chi connectivity index (χ0) is 17.8. The molecule has 1 amide bonds. The molecule has 2 heterocycles. The molecule has 0 atom stereocenters. The van der Waals surface area contributed by atoms with Gasteiger partial charge < -0.3 is 19.3 Å². The van der Waals surface area contributed by atoms with Crippen LogP contribution in [0.5, 0.6) is 11.5 Å². The molecule has 134 valence electrons. The number of aromatic nitrogens is 2. The van der Waals surface area contributed by atoms with Crippen molar-refractivity contribution in [1.29, 1.82) is 0 Å². The number of aryl methyl sites for hydroxylation is 1. The Bertz CT molecular complexity index is 760. The van der Waals surface area contributed by atoms with Crippen LogP contribution in [0.1, 0.15) is 44.3 Å². The number of nitrogens with one attached hydrogen (secondary N) is 1. The third-order valence-electron chi connectivity index (χ3n) is 3.68. The summed E-state index contributed by atoms with van der Waals surface area (Å²) < 4.78 is 16.3. The molecule has 7 nitrogen and oxygen atoms in total. The first-order valence-corrected chi connectivity index (χ1v) is 8.62. The smallest absolute Gasteiger partial charge is 0.227 e. The van der Waals surface area contributed by atoms with Crippen molar-refractivity contribution < 1.29 is 18.8 Å². The van der Waals surface area contributed by atoms with Crippen LogP contribution in [0.2, 0.25) is 5.02 Å². The molecule has 0 aliphatic carbocycles. The van der Waals surface area contributed by atoms with Gasteiger partial charge in [0.05, 0.1) is 23.9 Å². The maximum atomic E-state index is 12.2. The number of carbonyl (C=O) groups excluding carboxylic acids is 1. The van der Waals surface area contributed by atoms with E-state index in [-0.39, 0.29) is 18.2 Å². The van der Waals surface area contributed by atoms with Gasteiger partial charge in [0.15, 0.2) is 17.3 Å². The second-order valence-corrected chi connectivity index (χ2v) is 6.49. The first-order valence-electron chi connectivity index (χ1n) is 8.24. The van der Waals surface area contributed by atoms with E-state index in [9.17, 15) is 4.79 Å². The highest BCUT2D eigenvalue weighted by Crippen LogP contribution is 2.37. The molecule has 0 bridgehead atoms. The molecule has 1 aromatic heterocycles. The minimum absolute atomic E-state index is 0.187. The standard InChI is InChI=1S/C17H20ClN3O4/c1-10(2)17-20-16(25-21-17)5-4-15(22)19-12-9-14-13(8-11(12)18)23-6-3-7-24-14/h8-10H,3-7H2,1-2H3,(H,19,22). The van der Waals surface area contributed by atoms with E-state index in [0.717, 1.165) is 6.42 Å². The molecule has 3 rings (SSSR count). The Morgan fingerprint density at radius 3 is 2.68 bits per heavy atom. The molecule has 0 radical (unpaired) electrons. The number of benzene rings is 1. The quantitative estimate of drug-likeness (QED) is 0.871. The Hall–Kier alpha value is -2.28. The molecule has 1 aliphatic rings. The first kappa shape index (κ1) is 17.5. The number of halogens is 1. The normalized spacial score (nSPS) is 13.6. The average Bonchev–Trinajstić information content (AvgIpc) is 2.94. The van der Waals surface area contributed by atoms with Gasteiger partial charge in [-0.1, -0.05) is 30.6 Å². The van der Waals surface area contributed by atoms with E-state index in [2.05, 4.69) is 15.5 Å². The molecule has 0 unspecified atom stereocenters. The maximum Gasteiger partial charge on any atom is 0.227 e. The lowest BCUT2D eigenvalue weighted by atomic mass is 10.2. The van der Waals surface area contributed by atoms with E-state index in [4.69, 9.17) is 25.6 Å². The summed E-state index contributed by atoms with van der Waals surface area (Å²) in [5.41, 5.74) is 0.490. The van der Waals surface area contributed by atoms with Crippen LogP contribution in [-0.4, -0.2) is 29.3 Å². The largest absolute Gasteiger partial charge is 0.490 e. The van der Waals surface area contributed by atoms with Gasteiger partial charge in [-0.25, -0.2) is 0 Å². The summed E-state index contributed by atoms with van der Waals surface area (Å²) in [6.45, 7) is 5.11. The fourth-order valence-electron chi connectivity index (χ4n) is 2.32. The topological polar surface area (TPSA) is 86.5 Å². The second kappa shape index (κ2) is 7.74. The second-order valence-electron chi connectivity index (χ2n) is 6.08. The van der Waals surface area contributed by atoms with E-state index in [1.54, 1.807) is 12.1 Å². The highest BCUT2D eigenvalue weighted by atomic mass is 35.5. The van der Waals surface area contributed by atoms with Gasteiger partial charge in [0, 0.05) is 37.3 Å². The SMILES string of the molecule is CC(C)c1noc(CCC(=O)Nc2cc3c(cc2Cl)OCCCO3)n1. The lowest BCUT2D eigenvalue weighted by Gasteiger charge is -2.12. The van der Waals surface area contributed by atoms with Crippen molar-refractivity contribution in [2.45, 2.75) is 39.0 Å². The fraction of sp³-hybridized carbons (Fsp3) is 0.471.